The Bertz CT molecular complexity index is 455. The third-order valence-electron chi connectivity index (χ3n) is 2.37. The largest absolute Gasteiger partial charge is 0.282 e. The smallest absolute Gasteiger partial charge is 0.0926 e. The van der Waals surface area contributed by atoms with Crippen molar-refractivity contribution in [3.05, 3.63) is 41.1 Å². The van der Waals surface area contributed by atoms with Crippen molar-refractivity contribution >= 4 is 0 Å². The van der Waals surface area contributed by atoms with E-state index in [0.29, 0.717) is 0 Å². The quantitative estimate of drug-likeness (QED) is 0.728. The lowest BCUT2D eigenvalue weighted by molar-refractivity contribution is 1.05. The molecule has 0 fully saturated rings. The third kappa shape index (κ3) is 1.55. The number of benzene rings is 1. The number of aromatic nitrogens is 2. The van der Waals surface area contributed by atoms with Gasteiger partial charge in [-0.25, -0.2) is 0 Å². The monoisotopic (exact) mass is 186 g/mol. The van der Waals surface area contributed by atoms with E-state index < -0.39 is 0 Å². The molecule has 0 saturated carbocycles. The van der Waals surface area contributed by atoms with E-state index in [1.807, 2.05) is 6.92 Å². The van der Waals surface area contributed by atoms with Gasteiger partial charge in [0.2, 0.25) is 0 Å². The van der Waals surface area contributed by atoms with Crippen molar-refractivity contribution in [3.63, 3.8) is 0 Å². The van der Waals surface area contributed by atoms with Crippen LogP contribution < -0.4 is 0 Å². The molecule has 0 saturated heterocycles. The van der Waals surface area contributed by atoms with Crippen LogP contribution in [0.15, 0.2) is 24.3 Å². The van der Waals surface area contributed by atoms with Crippen LogP contribution in [-0.2, 0) is 0 Å². The Hall–Kier alpha value is -1.57. The van der Waals surface area contributed by atoms with Crippen LogP contribution in [0.4, 0.5) is 0 Å². The molecule has 1 aromatic carbocycles. The van der Waals surface area contributed by atoms with E-state index in [0.717, 1.165) is 11.4 Å². The summed E-state index contributed by atoms with van der Waals surface area (Å²) < 4.78 is 0. The maximum absolute atomic E-state index is 4.26. The van der Waals surface area contributed by atoms with Crippen molar-refractivity contribution in [3.8, 4) is 11.3 Å². The fourth-order valence-electron chi connectivity index (χ4n) is 1.57. The van der Waals surface area contributed by atoms with Crippen molar-refractivity contribution in [1.29, 1.82) is 0 Å². The average molecular weight is 186 g/mol. The lowest BCUT2D eigenvalue weighted by atomic mass is 10.0. The molecule has 0 aliphatic rings. The van der Waals surface area contributed by atoms with Gasteiger partial charge in [0, 0.05) is 11.3 Å². The number of rotatable bonds is 1. The number of aryl methyl sites for hydroxylation is 3. The Morgan fingerprint density at radius 2 is 1.86 bits per heavy atom. The molecule has 0 aliphatic carbocycles. The first kappa shape index (κ1) is 9.00. The van der Waals surface area contributed by atoms with Crippen LogP contribution in [0.25, 0.3) is 11.3 Å². The maximum atomic E-state index is 4.26. The first-order valence-corrected chi connectivity index (χ1v) is 4.76. The predicted octanol–water partition coefficient (Wildman–Crippen LogP) is 3.00. The minimum Gasteiger partial charge on any atom is -0.282 e. The van der Waals surface area contributed by atoms with E-state index in [2.05, 4.69) is 48.3 Å². The summed E-state index contributed by atoms with van der Waals surface area (Å²) in [5.41, 5.74) is 5.88. The topological polar surface area (TPSA) is 28.7 Å². The summed E-state index contributed by atoms with van der Waals surface area (Å²) in [6, 6.07) is 8.50. The van der Waals surface area contributed by atoms with Gasteiger partial charge in [-0.1, -0.05) is 17.7 Å². The molecule has 1 aromatic heterocycles. The maximum Gasteiger partial charge on any atom is 0.0926 e. The van der Waals surface area contributed by atoms with Gasteiger partial charge in [0.05, 0.1) is 5.69 Å². The Labute approximate surface area is 84.0 Å². The lowest BCUT2D eigenvalue weighted by Gasteiger charge is -2.02. The summed E-state index contributed by atoms with van der Waals surface area (Å²) in [5.74, 6) is 0. The van der Waals surface area contributed by atoms with Crippen molar-refractivity contribution in [2.24, 2.45) is 0 Å². The van der Waals surface area contributed by atoms with Crippen molar-refractivity contribution in [2.75, 3.05) is 0 Å². The molecule has 0 unspecified atom stereocenters. The summed E-state index contributed by atoms with van der Waals surface area (Å²) in [7, 11) is 0. The fourth-order valence-corrected chi connectivity index (χ4v) is 1.57. The molecule has 0 atom stereocenters. The highest BCUT2D eigenvalue weighted by atomic mass is 15.1. The van der Waals surface area contributed by atoms with Gasteiger partial charge in [0.1, 0.15) is 0 Å². The third-order valence-corrected chi connectivity index (χ3v) is 2.37. The molecule has 1 heterocycles. The second-order valence-electron chi connectivity index (χ2n) is 3.75. The fraction of sp³-hybridized carbons (Fsp3) is 0.250. The van der Waals surface area contributed by atoms with Crippen LogP contribution in [-0.4, -0.2) is 10.2 Å². The van der Waals surface area contributed by atoms with E-state index in [1.54, 1.807) is 0 Å². The molecule has 2 heteroatoms. The second kappa shape index (κ2) is 3.29. The minimum atomic E-state index is 1.03. The van der Waals surface area contributed by atoms with E-state index in [4.69, 9.17) is 0 Å². The summed E-state index contributed by atoms with van der Waals surface area (Å²) in [6.45, 7) is 6.23. The van der Waals surface area contributed by atoms with Crippen LogP contribution in [0, 0.1) is 20.8 Å². The molecule has 2 aromatic rings. The highest BCUT2D eigenvalue weighted by Gasteiger charge is 2.04. The molecule has 1 N–H and O–H groups in total. The Morgan fingerprint density at radius 3 is 2.50 bits per heavy atom. The zero-order valence-electron chi connectivity index (χ0n) is 8.76. The van der Waals surface area contributed by atoms with Gasteiger partial charge in [-0.2, -0.15) is 5.10 Å². The molecular weight excluding hydrogens is 172 g/mol. The van der Waals surface area contributed by atoms with Gasteiger partial charge in [-0.05, 0) is 38.5 Å². The van der Waals surface area contributed by atoms with Crippen LogP contribution in [0.1, 0.15) is 16.8 Å². The predicted molar refractivity (Wildman–Crippen MR) is 58.2 cm³/mol. The molecule has 0 spiro atoms. The first-order chi connectivity index (χ1) is 6.66. The molecule has 0 radical (unpaired) electrons. The second-order valence-corrected chi connectivity index (χ2v) is 3.75. The van der Waals surface area contributed by atoms with E-state index in [9.17, 15) is 0 Å². The Kier molecular flexibility index (Phi) is 2.12. The molecular formula is C12H14N2. The number of hydrogen-bond acceptors (Lipinski definition) is 1. The first-order valence-electron chi connectivity index (χ1n) is 4.76. The molecule has 14 heavy (non-hydrogen) atoms. The van der Waals surface area contributed by atoms with Crippen LogP contribution in [0.3, 0.4) is 0 Å². The number of H-pyrrole nitrogens is 1. The van der Waals surface area contributed by atoms with Gasteiger partial charge in [-0.15, -0.1) is 0 Å². The number of nitrogens with one attached hydrogen (secondary N) is 1. The summed E-state index contributed by atoms with van der Waals surface area (Å²) >= 11 is 0. The molecule has 2 nitrogen and oxygen atoms in total. The Morgan fingerprint density at radius 1 is 1.07 bits per heavy atom. The van der Waals surface area contributed by atoms with E-state index in [1.165, 1.54) is 16.7 Å². The van der Waals surface area contributed by atoms with Crippen molar-refractivity contribution in [1.82, 2.24) is 10.2 Å². The van der Waals surface area contributed by atoms with Gasteiger partial charge in [-0.3, -0.25) is 5.10 Å². The van der Waals surface area contributed by atoms with Crippen molar-refractivity contribution in [2.45, 2.75) is 20.8 Å². The molecule has 72 valence electrons. The highest BCUT2D eigenvalue weighted by Crippen LogP contribution is 2.22. The standard InChI is InChI=1S/C12H14N2/c1-8-4-5-9(2)11(6-8)12-7-10(3)13-14-12/h4-7H,1-3H3,(H,13,14). The highest BCUT2D eigenvalue weighted by molar-refractivity contribution is 5.64. The molecule has 2 rings (SSSR count). The normalized spacial score (nSPS) is 10.5. The average Bonchev–Trinajstić information content (AvgIpc) is 2.56. The SMILES string of the molecule is Cc1ccc(C)c(-c2cc(C)[nH]n2)c1. The van der Waals surface area contributed by atoms with Crippen LogP contribution >= 0.6 is 0 Å². The zero-order chi connectivity index (χ0) is 10.1. The van der Waals surface area contributed by atoms with Crippen molar-refractivity contribution < 1.29 is 0 Å². The van der Waals surface area contributed by atoms with Gasteiger partial charge in [0.15, 0.2) is 0 Å². The number of nitrogens with zero attached hydrogens (tertiary/aromatic N) is 1. The summed E-state index contributed by atoms with van der Waals surface area (Å²) in [4.78, 5) is 0. The molecule has 0 aliphatic heterocycles. The van der Waals surface area contributed by atoms with Crippen LogP contribution in [0.2, 0.25) is 0 Å². The van der Waals surface area contributed by atoms with E-state index >= 15 is 0 Å². The van der Waals surface area contributed by atoms with E-state index in [-0.39, 0.29) is 0 Å². The number of aromatic amines is 1. The summed E-state index contributed by atoms with van der Waals surface area (Å²) in [6.07, 6.45) is 0. The summed E-state index contributed by atoms with van der Waals surface area (Å²) in [5, 5.41) is 7.23. The molecule has 0 amide bonds. The lowest BCUT2D eigenvalue weighted by Crippen LogP contribution is -1.84. The Balaban J connectivity index is 2.55. The van der Waals surface area contributed by atoms with Crippen LogP contribution in [0.5, 0.6) is 0 Å². The van der Waals surface area contributed by atoms with Gasteiger partial charge in [0.25, 0.3) is 0 Å². The van der Waals surface area contributed by atoms with Gasteiger partial charge >= 0.3 is 0 Å². The number of hydrogen-bond donors (Lipinski definition) is 1. The minimum absolute atomic E-state index is 1.03. The van der Waals surface area contributed by atoms with Gasteiger partial charge < -0.3 is 0 Å². The zero-order valence-corrected chi connectivity index (χ0v) is 8.76. The molecule has 0 bridgehead atoms.